The molecule has 1 saturated carbocycles. The predicted octanol–water partition coefficient (Wildman–Crippen LogP) is 2.78. The fraction of sp³-hybridized carbons (Fsp3) is 1.00. The van der Waals surface area contributed by atoms with E-state index in [1.807, 2.05) is 0 Å². The summed E-state index contributed by atoms with van der Waals surface area (Å²) in [4.78, 5) is 0. The summed E-state index contributed by atoms with van der Waals surface area (Å²) in [5.41, 5.74) is 0.525. The van der Waals surface area contributed by atoms with E-state index < -0.39 is 9.84 Å². The molecule has 0 spiro atoms. The molecule has 0 aromatic carbocycles. The van der Waals surface area contributed by atoms with Gasteiger partial charge < -0.3 is 0 Å². The molecule has 2 nitrogen and oxygen atoms in total. The van der Waals surface area contributed by atoms with Gasteiger partial charge in [-0.2, -0.15) is 0 Å². The van der Waals surface area contributed by atoms with Gasteiger partial charge in [-0.25, -0.2) is 8.42 Å². The molecule has 0 amide bonds. The minimum Gasteiger partial charge on any atom is -0.229 e. The fourth-order valence-corrected chi connectivity index (χ4v) is 3.12. The lowest BCUT2D eigenvalue weighted by Crippen LogP contribution is -2.11. The summed E-state index contributed by atoms with van der Waals surface area (Å²) in [6.45, 7) is 2.35. The van der Waals surface area contributed by atoms with Crippen LogP contribution in [0.1, 0.15) is 51.9 Å². The van der Waals surface area contributed by atoms with Gasteiger partial charge in [-0.3, -0.25) is 0 Å². The van der Waals surface area contributed by atoms with Gasteiger partial charge in [0.05, 0.1) is 0 Å². The molecule has 3 heteroatoms. The van der Waals surface area contributed by atoms with Crippen molar-refractivity contribution in [3.8, 4) is 0 Å². The molecule has 84 valence electrons. The molecular weight excluding hydrogens is 196 g/mol. The fourth-order valence-electron chi connectivity index (χ4n) is 2.39. The van der Waals surface area contributed by atoms with E-state index >= 15 is 0 Å². The van der Waals surface area contributed by atoms with Crippen molar-refractivity contribution < 1.29 is 8.42 Å². The van der Waals surface area contributed by atoms with E-state index in [0.717, 1.165) is 12.8 Å². The van der Waals surface area contributed by atoms with Crippen LogP contribution in [-0.2, 0) is 9.84 Å². The van der Waals surface area contributed by atoms with Gasteiger partial charge in [0.1, 0.15) is 9.84 Å². The number of hydrogen-bond acceptors (Lipinski definition) is 2. The Morgan fingerprint density at radius 1 is 1.14 bits per heavy atom. The van der Waals surface area contributed by atoms with Crippen molar-refractivity contribution in [2.45, 2.75) is 51.9 Å². The van der Waals surface area contributed by atoms with Crippen LogP contribution >= 0.6 is 0 Å². The lowest BCUT2D eigenvalue weighted by Gasteiger charge is -2.22. The Balaban J connectivity index is 2.15. The Bertz CT molecular complexity index is 261. The highest BCUT2D eigenvalue weighted by atomic mass is 32.2. The van der Waals surface area contributed by atoms with E-state index in [9.17, 15) is 8.42 Å². The summed E-state index contributed by atoms with van der Waals surface area (Å²) >= 11 is 0. The standard InChI is InChI=1S/C11H22O2S/c1-11(7-3-4-8-11)9-5-6-10-14(2,12)13/h3-10H2,1-2H3. The molecule has 14 heavy (non-hydrogen) atoms. The molecule has 0 aliphatic heterocycles. The lowest BCUT2D eigenvalue weighted by atomic mass is 9.83. The Morgan fingerprint density at radius 3 is 2.21 bits per heavy atom. The van der Waals surface area contributed by atoms with Gasteiger partial charge in [0.25, 0.3) is 0 Å². The van der Waals surface area contributed by atoms with Crippen LogP contribution in [-0.4, -0.2) is 20.4 Å². The van der Waals surface area contributed by atoms with E-state index in [-0.39, 0.29) is 0 Å². The second kappa shape index (κ2) is 4.65. The highest BCUT2D eigenvalue weighted by Crippen LogP contribution is 2.41. The van der Waals surface area contributed by atoms with Crippen LogP contribution in [0, 0.1) is 5.41 Å². The van der Waals surface area contributed by atoms with Crippen molar-refractivity contribution in [2.75, 3.05) is 12.0 Å². The molecule has 0 saturated heterocycles. The molecule has 0 heterocycles. The van der Waals surface area contributed by atoms with Crippen LogP contribution in [0.15, 0.2) is 0 Å². The van der Waals surface area contributed by atoms with Crippen LogP contribution in [0.25, 0.3) is 0 Å². The van der Waals surface area contributed by atoms with Gasteiger partial charge in [0, 0.05) is 12.0 Å². The van der Waals surface area contributed by atoms with Crippen molar-refractivity contribution in [1.82, 2.24) is 0 Å². The Hall–Kier alpha value is -0.0500. The number of hydrogen-bond donors (Lipinski definition) is 0. The van der Waals surface area contributed by atoms with Gasteiger partial charge in [-0.05, 0) is 31.1 Å². The lowest BCUT2D eigenvalue weighted by molar-refractivity contribution is 0.298. The molecule has 1 aliphatic carbocycles. The molecule has 1 aliphatic rings. The summed E-state index contributed by atoms with van der Waals surface area (Å²) in [7, 11) is -2.74. The van der Waals surface area contributed by atoms with Gasteiger partial charge in [-0.1, -0.05) is 26.2 Å². The van der Waals surface area contributed by atoms with E-state index in [0.29, 0.717) is 11.2 Å². The van der Waals surface area contributed by atoms with Crippen LogP contribution in [0.2, 0.25) is 0 Å². The molecule has 0 atom stereocenters. The third kappa shape index (κ3) is 4.45. The second-order valence-electron chi connectivity index (χ2n) is 5.10. The van der Waals surface area contributed by atoms with E-state index in [4.69, 9.17) is 0 Å². The summed E-state index contributed by atoms with van der Waals surface area (Å²) in [5, 5.41) is 0. The zero-order valence-corrected chi connectivity index (χ0v) is 10.2. The van der Waals surface area contributed by atoms with Gasteiger partial charge >= 0.3 is 0 Å². The smallest absolute Gasteiger partial charge is 0.147 e. The van der Waals surface area contributed by atoms with E-state index in [1.165, 1.54) is 38.4 Å². The number of unbranched alkanes of at least 4 members (excludes halogenated alkanes) is 1. The Morgan fingerprint density at radius 2 is 1.71 bits per heavy atom. The number of sulfone groups is 1. The molecule has 0 unspecified atom stereocenters. The number of rotatable bonds is 5. The van der Waals surface area contributed by atoms with Crippen LogP contribution in [0.4, 0.5) is 0 Å². The van der Waals surface area contributed by atoms with E-state index in [2.05, 4.69) is 6.92 Å². The van der Waals surface area contributed by atoms with Crippen LogP contribution in [0.5, 0.6) is 0 Å². The Labute approximate surface area is 88.0 Å². The zero-order chi connectivity index (χ0) is 10.7. The van der Waals surface area contributed by atoms with Crippen molar-refractivity contribution in [3.05, 3.63) is 0 Å². The van der Waals surface area contributed by atoms with Crippen LogP contribution < -0.4 is 0 Å². The first-order valence-corrected chi connectivity index (χ1v) is 7.65. The Kier molecular flexibility index (Phi) is 3.99. The maximum absolute atomic E-state index is 10.9. The van der Waals surface area contributed by atoms with Gasteiger partial charge in [-0.15, -0.1) is 0 Å². The maximum Gasteiger partial charge on any atom is 0.147 e. The van der Waals surface area contributed by atoms with Gasteiger partial charge in [0.2, 0.25) is 0 Å². The highest BCUT2D eigenvalue weighted by Gasteiger charge is 2.27. The molecule has 0 N–H and O–H groups in total. The van der Waals surface area contributed by atoms with Crippen LogP contribution in [0.3, 0.4) is 0 Å². The second-order valence-corrected chi connectivity index (χ2v) is 7.36. The normalized spacial score (nSPS) is 21.3. The van der Waals surface area contributed by atoms with Crippen molar-refractivity contribution in [1.29, 1.82) is 0 Å². The third-order valence-corrected chi connectivity index (χ3v) is 4.39. The first kappa shape index (κ1) is 12.0. The molecule has 1 rings (SSSR count). The predicted molar refractivity (Wildman–Crippen MR) is 60.1 cm³/mol. The minimum atomic E-state index is -2.74. The molecule has 0 aromatic rings. The monoisotopic (exact) mass is 218 g/mol. The zero-order valence-electron chi connectivity index (χ0n) is 9.38. The first-order chi connectivity index (χ1) is 6.41. The van der Waals surface area contributed by atoms with Crippen molar-refractivity contribution >= 4 is 9.84 Å². The molecule has 1 fully saturated rings. The summed E-state index contributed by atoms with van der Waals surface area (Å²) in [6, 6.07) is 0. The SMILES string of the molecule is CC1(CCCCS(C)(=O)=O)CCCC1. The average Bonchev–Trinajstić information content (AvgIpc) is 2.45. The topological polar surface area (TPSA) is 34.1 Å². The first-order valence-electron chi connectivity index (χ1n) is 5.59. The summed E-state index contributed by atoms with van der Waals surface area (Å²) in [6.07, 6.45) is 9.85. The molecule has 0 aromatic heterocycles. The molecule has 0 bridgehead atoms. The largest absolute Gasteiger partial charge is 0.229 e. The van der Waals surface area contributed by atoms with E-state index in [1.54, 1.807) is 0 Å². The maximum atomic E-state index is 10.9. The van der Waals surface area contributed by atoms with Crippen molar-refractivity contribution in [2.24, 2.45) is 5.41 Å². The molecular formula is C11H22O2S. The third-order valence-electron chi connectivity index (χ3n) is 3.36. The average molecular weight is 218 g/mol. The minimum absolute atomic E-state index is 0.364. The highest BCUT2D eigenvalue weighted by molar-refractivity contribution is 7.90. The van der Waals surface area contributed by atoms with Gasteiger partial charge in [0.15, 0.2) is 0 Å². The summed E-state index contributed by atoms with van der Waals surface area (Å²) in [5.74, 6) is 0.364. The molecule has 0 radical (unpaired) electrons. The summed E-state index contributed by atoms with van der Waals surface area (Å²) < 4.78 is 21.8. The quantitative estimate of drug-likeness (QED) is 0.665. The van der Waals surface area contributed by atoms with Crippen molar-refractivity contribution in [3.63, 3.8) is 0 Å².